The summed E-state index contributed by atoms with van der Waals surface area (Å²) in [6.45, 7) is 16.3. The molecule has 2 saturated carbocycles. The first-order valence-electron chi connectivity index (χ1n) is 11.8. The van der Waals surface area contributed by atoms with Gasteiger partial charge in [0.1, 0.15) is 11.5 Å². The number of hydrogen-bond acceptors (Lipinski definition) is 3. The summed E-state index contributed by atoms with van der Waals surface area (Å²) < 4.78 is 12.4. The van der Waals surface area contributed by atoms with Crippen LogP contribution >= 0.6 is 0 Å². The maximum atomic E-state index is 13.5. The number of benzene rings is 1. The summed E-state index contributed by atoms with van der Waals surface area (Å²) in [5, 5.41) is 0.165. The molecule has 3 aliphatic rings. The molecule has 2 fully saturated rings. The second-order valence-corrected chi connectivity index (χ2v) is 16.7. The molecule has 0 aromatic heterocycles. The molecule has 0 aliphatic heterocycles. The predicted molar refractivity (Wildman–Crippen MR) is 125 cm³/mol. The maximum Gasteiger partial charge on any atom is 0.192 e. The third-order valence-corrected chi connectivity index (χ3v) is 13.7. The Morgan fingerprint density at radius 1 is 1.17 bits per heavy atom. The molecule has 0 bridgehead atoms. The first kappa shape index (κ1) is 22.1. The van der Waals surface area contributed by atoms with Gasteiger partial charge in [-0.1, -0.05) is 40.7 Å². The van der Waals surface area contributed by atoms with E-state index in [2.05, 4.69) is 65.9 Å². The van der Waals surface area contributed by atoms with Crippen LogP contribution in [0.15, 0.2) is 18.2 Å². The van der Waals surface area contributed by atoms with Crippen molar-refractivity contribution >= 4 is 14.1 Å². The fourth-order valence-electron chi connectivity index (χ4n) is 6.50. The highest BCUT2D eigenvalue weighted by Gasteiger charge is 2.61. The van der Waals surface area contributed by atoms with Gasteiger partial charge in [-0.25, -0.2) is 0 Å². The number of carbonyl (C=O) groups is 1. The molecular formula is C26H40O3Si. The summed E-state index contributed by atoms with van der Waals surface area (Å²) in [6, 6.07) is 6.58. The molecule has 0 amide bonds. The van der Waals surface area contributed by atoms with Crippen LogP contribution in [-0.4, -0.2) is 27.3 Å². The monoisotopic (exact) mass is 428 g/mol. The number of fused-ring (bicyclic) bond motifs is 5. The van der Waals surface area contributed by atoms with Crippen LogP contribution in [-0.2, 0) is 15.6 Å². The largest absolute Gasteiger partial charge is 0.497 e. The molecule has 4 rings (SSSR count). The number of ether oxygens (including phenoxy) is 1. The van der Waals surface area contributed by atoms with Crippen molar-refractivity contribution in [3.05, 3.63) is 29.3 Å². The molecule has 3 aliphatic carbocycles. The van der Waals surface area contributed by atoms with E-state index in [1.807, 2.05) is 0 Å². The lowest BCUT2D eigenvalue weighted by molar-refractivity contribution is -0.128. The highest BCUT2D eigenvalue weighted by molar-refractivity contribution is 6.74. The van der Waals surface area contributed by atoms with Gasteiger partial charge in [-0.2, -0.15) is 0 Å². The Morgan fingerprint density at radius 2 is 1.87 bits per heavy atom. The Kier molecular flexibility index (Phi) is 5.30. The predicted octanol–water partition coefficient (Wildman–Crippen LogP) is 6.37. The van der Waals surface area contributed by atoms with Gasteiger partial charge in [-0.3, -0.25) is 4.79 Å². The molecule has 1 aromatic rings. The van der Waals surface area contributed by atoms with Crippen LogP contribution in [0, 0.1) is 23.2 Å². The van der Waals surface area contributed by atoms with Crippen LogP contribution in [0.5, 0.6) is 5.75 Å². The third kappa shape index (κ3) is 3.29. The third-order valence-electron chi connectivity index (χ3n) is 9.21. The van der Waals surface area contributed by atoms with Gasteiger partial charge in [-0.05, 0) is 78.4 Å². The molecule has 0 spiro atoms. The fraction of sp³-hybridized carbons (Fsp3) is 0.731. The smallest absolute Gasteiger partial charge is 0.192 e. The molecule has 0 unspecified atom stereocenters. The molecule has 30 heavy (non-hydrogen) atoms. The van der Waals surface area contributed by atoms with E-state index in [1.54, 1.807) is 7.11 Å². The topological polar surface area (TPSA) is 35.5 Å². The van der Waals surface area contributed by atoms with E-state index in [9.17, 15) is 4.79 Å². The van der Waals surface area contributed by atoms with E-state index >= 15 is 0 Å². The van der Waals surface area contributed by atoms with Gasteiger partial charge in [-0.15, -0.1) is 0 Å². The van der Waals surface area contributed by atoms with Crippen molar-refractivity contribution < 1.29 is 14.0 Å². The summed E-state index contributed by atoms with van der Waals surface area (Å²) in [5.74, 6) is 2.97. The van der Waals surface area contributed by atoms with Gasteiger partial charge in [0.15, 0.2) is 8.32 Å². The SMILES string of the molecule is COc1ccc2c(c1)C[C@@H](C)[C@@H]1[C@@H]2CC[C@]2(C)[C@@H](O[Si](C)(C)C(C)(C)C)CC(=O)[C@@H]12. The van der Waals surface area contributed by atoms with E-state index in [0.29, 0.717) is 30.0 Å². The van der Waals surface area contributed by atoms with Crippen molar-refractivity contribution in [2.75, 3.05) is 7.11 Å². The quantitative estimate of drug-likeness (QED) is 0.525. The molecule has 3 nitrogen and oxygen atoms in total. The second-order valence-electron chi connectivity index (χ2n) is 12.0. The molecule has 0 saturated heterocycles. The summed E-state index contributed by atoms with van der Waals surface area (Å²) in [5.41, 5.74) is 2.86. The summed E-state index contributed by atoms with van der Waals surface area (Å²) in [6.07, 6.45) is 3.98. The number of hydrogen-bond donors (Lipinski definition) is 0. The van der Waals surface area contributed by atoms with Crippen LogP contribution in [0.4, 0.5) is 0 Å². The van der Waals surface area contributed by atoms with Gasteiger partial charge in [0.05, 0.1) is 13.2 Å². The van der Waals surface area contributed by atoms with Crippen LogP contribution in [0.25, 0.3) is 0 Å². The molecule has 0 heterocycles. The van der Waals surface area contributed by atoms with E-state index < -0.39 is 8.32 Å². The van der Waals surface area contributed by atoms with Crippen molar-refractivity contribution in [1.29, 1.82) is 0 Å². The number of methoxy groups -OCH3 is 1. The molecule has 4 heteroatoms. The molecule has 6 atom stereocenters. The molecule has 166 valence electrons. The average molecular weight is 429 g/mol. The minimum Gasteiger partial charge on any atom is -0.497 e. The van der Waals surface area contributed by atoms with Crippen molar-refractivity contribution in [2.45, 2.75) is 90.5 Å². The van der Waals surface area contributed by atoms with Crippen molar-refractivity contribution in [2.24, 2.45) is 23.2 Å². The summed E-state index contributed by atoms with van der Waals surface area (Å²) >= 11 is 0. The van der Waals surface area contributed by atoms with Gasteiger partial charge >= 0.3 is 0 Å². The number of carbonyl (C=O) groups excluding carboxylic acids is 1. The summed E-state index contributed by atoms with van der Waals surface area (Å²) in [4.78, 5) is 13.5. The first-order valence-corrected chi connectivity index (χ1v) is 14.7. The zero-order valence-electron chi connectivity index (χ0n) is 20.2. The average Bonchev–Trinajstić information content (AvgIpc) is 2.90. The maximum absolute atomic E-state index is 13.5. The Morgan fingerprint density at radius 3 is 2.50 bits per heavy atom. The van der Waals surface area contributed by atoms with Gasteiger partial charge < -0.3 is 9.16 Å². The van der Waals surface area contributed by atoms with Crippen LogP contribution < -0.4 is 4.74 Å². The van der Waals surface area contributed by atoms with Gasteiger partial charge in [0.25, 0.3) is 0 Å². The zero-order valence-corrected chi connectivity index (χ0v) is 21.2. The van der Waals surface area contributed by atoms with E-state index in [1.165, 1.54) is 11.1 Å². The van der Waals surface area contributed by atoms with Crippen molar-refractivity contribution in [1.82, 2.24) is 0 Å². The first-order chi connectivity index (χ1) is 13.9. The highest BCUT2D eigenvalue weighted by Crippen LogP contribution is 2.62. The lowest BCUT2D eigenvalue weighted by Crippen LogP contribution is -2.52. The van der Waals surface area contributed by atoms with Crippen LogP contribution in [0.3, 0.4) is 0 Å². The van der Waals surface area contributed by atoms with Crippen LogP contribution in [0.1, 0.15) is 70.9 Å². The molecule has 0 radical (unpaired) electrons. The fourth-order valence-corrected chi connectivity index (χ4v) is 7.92. The van der Waals surface area contributed by atoms with E-state index in [0.717, 1.165) is 25.0 Å². The van der Waals surface area contributed by atoms with Crippen molar-refractivity contribution in [3.63, 3.8) is 0 Å². The Bertz CT molecular complexity index is 839. The lowest BCUT2D eigenvalue weighted by Gasteiger charge is -2.53. The standard InChI is InChI=1S/C26H40O3Si/c1-16-13-17-14-18(28-6)9-10-19(17)20-11-12-26(5)22(15-21(27)24(26)23(16)20)29-30(7,8)25(2,3)4/h9-10,14,16,20,22-24H,11-13,15H2,1-8H3/t16-,20-,22+,23-,24+,26-/m1/s1. The van der Waals surface area contributed by atoms with Gasteiger partial charge in [0.2, 0.25) is 0 Å². The Balaban J connectivity index is 1.67. The van der Waals surface area contributed by atoms with Gasteiger partial charge in [0, 0.05) is 17.8 Å². The van der Waals surface area contributed by atoms with E-state index in [-0.39, 0.29) is 22.5 Å². The van der Waals surface area contributed by atoms with Crippen molar-refractivity contribution in [3.8, 4) is 5.75 Å². The zero-order chi connectivity index (χ0) is 22.1. The summed E-state index contributed by atoms with van der Waals surface area (Å²) in [7, 11) is -0.179. The normalized spacial score (nSPS) is 36.1. The second kappa shape index (κ2) is 7.20. The molecule has 1 aromatic carbocycles. The Hall–Kier alpha value is -1.13. The van der Waals surface area contributed by atoms with E-state index in [4.69, 9.17) is 9.16 Å². The highest BCUT2D eigenvalue weighted by atomic mass is 28.4. The molecule has 0 N–H and O–H groups in total. The minimum absolute atomic E-state index is 0.0218. The number of Topliss-reactive ketones (excluding diaryl/α,β-unsaturated/α-hetero) is 1. The molecular weight excluding hydrogens is 388 g/mol. The number of ketones is 1. The minimum atomic E-state index is -1.92. The Labute approximate surface area is 184 Å². The van der Waals surface area contributed by atoms with Crippen LogP contribution in [0.2, 0.25) is 18.1 Å². The number of rotatable bonds is 3. The lowest BCUT2D eigenvalue weighted by atomic mass is 9.52.